The highest BCUT2D eigenvalue weighted by Gasteiger charge is 2.17. The third-order valence-corrected chi connectivity index (χ3v) is 3.47. The highest BCUT2D eigenvalue weighted by Crippen LogP contribution is 2.13. The lowest BCUT2D eigenvalue weighted by atomic mass is 10.1. The smallest absolute Gasteiger partial charge is 0.0595 e. The van der Waals surface area contributed by atoms with Gasteiger partial charge in [0.1, 0.15) is 0 Å². The molecular weight excluding hydrogens is 188 g/mol. The molecule has 0 saturated carbocycles. The minimum absolute atomic E-state index is 0.512. The van der Waals surface area contributed by atoms with Crippen LogP contribution in [0.2, 0.25) is 0 Å². The van der Waals surface area contributed by atoms with Crippen LogP contribution in [0.25, 0.3) is 0 Å². The highest BCUT2D eigenvalue weighted by atomic mass is 16.5. The van der Waals surface area contributed by atoms with Crippen LogP contribution in [-0.4, -0.2) is 50.8 Å². The van der Waals surface area contributed by atoms with E-state index in [1.54, 1.807) is 0 Å². The lowest BCUT2D eigenvalue weighted by Gasteiger charge is -2.31. The summed E-state index contributed by atoms with van der Waals surface area (Å²) in [7, 11) is 3.86. The van der Waals surface area contributed by atoms with Crippen molar-refractivity contribution in [3.63, 3.8) is 0 Å². The van der Waals surface area contributed by atoms with Gasteiger partial charge in [0, 0.05) is 26.2 Å². The van der Waals surface area contributed by atoms with E-state index < -0.39 is 0 Å². The number of likely N-dealkylation sites (tertiary alicyclic amines) is 1. The molecule has 0 aromatic carbocycles. The maximum absolute atomic E-state index is 5.36. The Morgan fingerprint density at radius 1 is 1.40 bits per heavy atom. The van der Waals surface area contributed by atoms with Crippen molar-refractivity contribution in [3.05, 3.63) is 0 Å². The van der Waals surface area contributed by atoms with Crippen molar-refractivity contribution in [3.8, 4) is 0 Å². The summed E-state index contributed by atoms with van der Waals surface area (Å²) in [5.41, 5.74) is 0. The van der Waals surface area contributed by atoms with Crippen LogP contribution < -0.4 is 5.32 Å². The van der Waals surface area contributed by atoms with Crippen LogP contribution in [0.3, 0.4) is 0 Å². The molecule has 3 heteroatoms. The van der Waals surface area contributed by atoms with Gasteiger partial charge in [0.2, 0.25) is 0 Å². The summed E-state index contributed by atoms with van der Waals surface area (Å²) in [6.07, 6.45) is 5.51. The van der Waals surface area contributed by atoms with E-state index in [1.165, 1.54) is 45.3 Å². The molecule has 0 amide bonds. The minimum Gasteiger partial charge on any atom is -0.381 e. The number of methoxy groups -OCH3 is 1. The second-order valence-electron chi connectivity index (χ2n) is 4.61. The van der Waals surface area contributed by atoms with Crippen molar-refractivity contribution in [2.45, 2.75) is 44.8 Å². The molecule has 90 valence electrons. The zero-order chi connectivity index (χ0) is 11.1. The molecule has 1 saturated heterocycles. The molecule has 1 aliphatic rings. The van der Waals surface area contributed by atoms with Crippen LogP contribution in [0.5, 0.6) is 0 Å². The fourth-order valence-corrected chi connectivity index (χ4v) is 2.13. The number of ether oxygens (including phenoxy) is 1. The first kappa shape index (κ1) is 12.9. The van der Waals surface area contributed by atoms with E-state index in [4.69, 9.17) is 4.74 Å². The molecule has 0 bridgehead atoms. The van der Waals surface area contributed by atoms with Crippen LogP contribution in [0.4, 0.5) is 0 Å². The monoisotopic (exact) mass is 214 g/mol. The van der Waals surface area contributed by atoms with Gasteiger partial charge in [-0.15, -0.1) is 0 Å². The van der Waals surface area contributed by atoms with Gasteiger partial charge in [-0.2, -0.15) is 0 Å². The molecule has 1 heterocycles. The van der Waals surface area contributed by atoms with Crippen LogP contribution in [0.1, 0.15) is 32.6 Å². The minimum atomic E-state index is 0.512. The van der Waals surface area contributed by atoms with E-state index in [-0.39, 0.29) is 0 Å². The molecule has 1 unspecified atom stereocenters. The Balaban J connectivity index is 2.03. The van der Waals surface area contributed by atoms with Crippen molar-refractivity contribution < 1.29 is 4.74 Å². The van der Waals surface area contributed by atoms with Gasteiger partial charge in [-0.25, -0.2) is 0 Å². The first-order valence-electron chi connectivity index (χ1n) is 6.18. The average molecular weight is 214 g/mol. The van der Waals surface area contributed by atoms with E-state index in [9.17, 15) is 0 Å². The molecule has 15 heavy (non-hydrogen) atoms. The molecule has 0 radical (unpaired) electrons. The summed E-state index contributed by atoms with van der Waals surface area (Å²) in [6, 6.07) is 0.654. The number of hydrogen-bond acceptors (Lipinski definition) is 3. The van der Waals surface area contributed by atoms with Gasteiger partial charge in [-0.05, 0) is 46.2 Å². The van der Waals surface area contributed by atoms with Crippen molar-refractivity contribution in [2.75, 3.05) is 33.8 Å². The van der Waals surface area contributed by atoms with Gasteiger partial charge >= 0.3 is 0 Å². The van der Waals surface area contributed by atoms with Crippen molar-refractivity contribution in [1.82, 2.24) is 10.2 Å². The number of nitrogens with zero attached hydrogens (tertiary/aromatic N) is 1. The fourth-order valence-electron chi connectivity index (χ4n) is 2.13. The number of rotatable bonds is 6. The molecular formula is C12H26N2O. The van der Waals surface area contributed by atoms with Crippen molar-refractivity contribution in [2.24, 2.45) is 0 Å². The van der Waals surface area contributed by atoms with Crippen LogP contribution in [-0.2, 0) is 4.74 Å². The quantitative estimate of drug-likeness (QED) is 0.725. The molecule has 1 rings (SSSR count). The summed E-state index contributed by atoms with van der Waals surface area (Å²) in [5, 5.41) is 3.28. The van der Waals surface area contributed by atoms with Gasteiger partial charge in [-0.1, -0.05) is 0 Å². The summed E-state index contributed by atoms with van der Waals surface area (Å²) in [5.74, 6) is 0. The lowest BCUT2D eigenvalue weighted by Crippen LogP contribution is -2.37. The second-order valence-corrected chi connectivity index (χ2v) is 4.61. The SMILES string of the molecule is CNC(C)CCCN1CCC(OC)CC1. The predicted molar refractivity (Wildman–Crippen MR) is 64.2 cm³/mol. The molecule has 0 spiro atoms. The predicted octanol–water partition coefficient (Wildman–Crippen LogP) is 1.49. The van der Waals surface area contributed by atoms with Gasteiger partial charge in [0.15, 0.2) is 0 Å². The van der Waals surface area contributed by atoms with Crippen molar-refractivity contribution >= 4 is 0 Å². The van der Waals surface area contributed by atoms with E-state index >= 15 is 0 Å². The standard InChI is InChI=1S/C12H26N2O/c1-11(13-2)5-4-8-14-9-6-12(15-3)7-10-14/h11-13H,4-10H2,1-3H3. The Morgan fingerprint density at radius 3 is 2.60 bits per heavy atom. The fraction of sp³-hybridized carbons (Fsp3) is 1.00. The number of nitrogens with one attached hydrogen (secondary N) is 1. The summed E-state index contributed by atoms with van der Waals surface area (Å²) >= 11 is 0. The van der Waals surface area contributed by atoms with Gasteiger partial charge in [-0.3, -0.25) is 0 Å². The molecule has 3 nitrogen and oxygen atoms in total. The third kappa shape index (κ3) is 4.96. The summed E-state index contributed by atoms with van der Waals surface area (Å²) in [4.78, 5) is 2.57. The maximum atomic E-state index is 5.36. The Bertz CT molecular complexity index is 156. The highest BCUT2D eigenvalue weighted by molar-refractivity contribution is 4.72. The summed E-state index contributed by atoms with van der Waals surface area (Å²) < 4.78 is 5.36. The molecule has 0 aromatic heterocycles. The first-order chi connectivity index (χ1) is 7.26. The Labute approximate surface area is 94.2 Å². The number of hydrogen-bond donors (Lipinski definition) is 1. The van der Waals surface area contributed by atoms with Gasteiger partial charge in [0.05, 0.1) is 6.10 Å². The second kappa shape index (κ2) is 7.20. The van der Waals surface area contributed by atoms with E-state index in [1.807, 2.05) is 14.2 Å². The molecule has 0 aromatic rings. The number of piperidine rings is 1. The molecule has 1 N–H and O–H groups in total. The normalized spacial score (nSPS) is 21.8. The third-order valence-electron chi connectivity index (χ3n) is 3.47. The average Bonchev–Trinajstić information content (AvgIpc) is 2.29. The Kier molecular flexibility index (Phi) is 6.22. The largest absolute Gasteiger partial charge is 0.381 e. The van der Waals surface area contributed by atoms with Crippen LogP contribution in [0, 0.1) is 0 Å². The maximum Gasteiger partial charge on any atom is 0.0595 e. The Morgan fingerprint density at radius 2 is 2.07 bits per heavy atom. The molecule has 1 aliphatic heterocycles. The Hall–Kier alpha value is -0.120. The zero-order valence-corrected chi connectivity index (χ0v) is 10.5. The molecule has 1 atom stereocenters. The van der Waals surface area contributed by atoms with Crippen LogP contribution >= 0.6 is 0 Å². The van der Waals surface area contributed by atoms with E-state index in [0.29, 0.717) is 12.1 Å². The van der Waals surface area contributed by atoms with Crippen LogP contribution in [0.15, 0.2) is 0 Å². The molecule has 0 aliphatic carbocycles. The van der Waals surface area contributed by atoms with Gasteiger partial charge in [0.25, 0.3) is 0 Å². The molecule has 1 fully saturated rings. The van der Waals surface area contributed by atoms with E-state index in [2.05, 4.69) is 17.1 Å². The zero-order valence-electron chi connectivity index (χ0n) is 10.5. The van der Waals surface area contributed by atoms with E-state index in [0.717, 1.165) is 0 Å². The lowest BCUT2D eigenvalue weighted by molar-refractivity contribution is 0.0406. The summed E-state index contributed by atoms with van der Waals surface area (Å²) in [6.45, 7) is 5.93. The topological polar surface area (TPSA) is 24.5 Å². The van der Waals surface area contributed by atoms with Crippen molar-refractivity contribution in [1.29, 1.82) is 0 Å². The van der Waals surface area contributed by atoms with Gasteiger partial charge < -0.3 is 15.0 Å². The first-order valence-corrected chi connectivity index (χ1v) is 6.18.